The highest BCUT2D eigenvalue weighted by Gasteiger charge is 2.12. The highest BCUT2D eigenvalue weighted by atomic mass is 32.2. The van der Waals surface area contributed by atoms with Crippen molar-refractivity contribution in [3.63, 3.8) is 0 Å². The molecular formula is C19H16FN3O3S. The zero-order valence-electron chi connectivity index (χ0n) is 14.2. The summed E-state index contributed by atoms with van der Waals surface area (Å²) in [4.78, 5) is 27.8. The van der Waals surface area contributed by atoms with Gasteiger partial charge in [0.1, 0.15) is 5.82 Å². The molecule has 1 heterocycles. The first-order valence-electron chi connectivity index (χ1n) is 8.04. The van der Waals surface area contributed by atoms with Crippen LogP contribution in [0, 0.1) is 5.82 Å². The Labute approximate surface area is 159 Å². The molecule has 1 aromatic heterocycles. The number of carbonyl (C=O) groups excluding carboxylic acids is 2. The molecule has 6 nitrogen and oxygen atoms in total. The van der Waals surface area contributed by atoms with E-state index in [9.17, 15) is 14.0 Å². The molecule has 0 fully saturated rings. The van der Waals surface area contributed by atoms with Crippen molar-refractivity contribution in [2.45, 2.75) is 5.16 Å². The predicted molar refractivity (Wildman–Crippen MR) is 100 cm³/mol. The Morgan fingerprint density at radius 1 is 1.15 bits per heavy atom. The normalized spacial score (nSPS) is 10.4. The Morgan fingerprint density at radius 3 is 2.74 bits per heavy atom. The number of imidazole rings is 1. The third-order valence-electron chi connectivity index (χ3n) is 3.43. The van der Waals surface area contributed by atoms with E-state index in [0.717, 1.165) is 11.8 Å². The van der Waals surface area contributed by atoms with Crippen LogP contribution in [-0.2, 0) is 14.3 Å². The number of thioether (sulfide) groups is 1. The summed E-state index contributed by atoms with van der Waals surface area (Å²) in [6, 6.07) is 14.9. The van der Waals surface area contributed by atoms with E-state index < -0.39 is 11.9 Å². The van der Waals surface area contributed by atoms with Gasteiger partial charge in [-0.15, -0.1) is 0 Å². The van der Waals surface area contributed by atoms with Crippen LogP contribution < -0.4 is 5.32 Å². The first-order valence-corrected chi connectivity index (χ1v) is 9.03. The molecule has 0 aliphatic carbocycles. The van der Waals surface area contributed by atoms with E-state index in [1.807, 2.05) is 6.07 Å². The standard InChI is InChI=1S/C19H16FN3O3S/c20-14-5-4-8-16(11-14)23-10-9-21-19(23)27-13-18(25)26-12-17(24)22-15-6-2-1-3-7-15/h1-11H,12-13H2,(H,22,24). The molecule has 0 saturated carbocycles. The number of amides is 1. The molecule has 0 bridgehead atoms. The largest absolute Gasteiger partial charge is 0.455 e. The van der Waals surface area contributed by atoms with Crippen LogP contribution in [0.3, 0.4) is 0 Å². The summed E-state index contributed by atoms with van der Waals surface area (Å²) in [7, 11) is 0. The lowest BCUT2D eigenvalue weighted by atomic mass is 10.3. The van der Waals surface area contributed by atoms with E-state index in [1.54, 1.807) is 53.4 Å². The Kier molecular flexibility index (Phi) is 6.22. The second-order valence-electron chi connectivity index (χ2n) is 5.42. The van der Waals surface area contributed by atoms with Crippen LogP contribution in [0.1, 0.15) is 0 Å². The maximum absolute atomic E-state index is 13.4. The van der Waals surface area contributed by atoms with Crippen molar-refractivity contribution in [3.05, 3.63) is 72.8 Å². The average Bonchev–Trinajstić information content (AvgIpc) is 3.14. The Morgan fingerprint density at radius 2 is 1.96 bits per heavy atom. The second-order valence-corrected chi connectivity index (χ2v) is 6.37. The number of hydrogen-bond donors (Lipinski definition) is 1. The van der Waals surface area contributed by atoms with E-state index in [0.29, 0.717) is 16.5 Å². The monoisotopic (exact) mass is 385 g/mol. The van der Waals surface area contributed by atoms with Crippen molar-refractivity contribution in [3.8, 4) is 5.69 Å². The maximum atomic E-state index is 13.4. The average molecular weight is 385 g/mol. The zero-order chi connectivity index (χ0) is 19.1. The SMILES string of the molecule is O=C(COC(=O)CSc1nccn1-c1cccc(F)c1)Nc1ccccc1. The fourth-order valence-corrected chi connectivity index (χ4v) is 3.02. The van der Waals surface area contributed by atoms with Gasteiger partial charge >= 0.3 is 5.97 Å². The van der Waals surface area contributed by atoms with Gasteiger partial charge in [-0.1, -0.05) is 36.0 Å². The maximum Gasteiger partial charge on any atom is 0.316 e. The summed E-state index contributed by atoms with van der Waals surface area (Å²) in [5.74, 6) is -1.34. The van der Waals surface area contributed by atoms with Crippen molar-refractivity contribution >= 4 is 29.3 Å². The minimum Gasteiger partial charge on any atom is -0.455 e. The summed E-state index contributed by atoms with van der Waals surface area (Å²) >= 11 is 1.14. The number of nitrogens with one attached hydrogen (secondary N) is 1. The van der Waals surface area contributed by atoms with Gasteiger partial charge in [0.15, 0.2) is 11.8 Å². The Hall–Kier alpha value is -3.13. The first kappa shape index (κ1) is 18.7. The van der Waals surface area contributed by atoms with E-state index in [-0.39, 0.29) is 18.2 Å². The molecule has 0 aliphatic rings. The molecule has 3 rings (SSSR count). The minimum atomic E-state index is -0.544. The van der Waals surface area contributed by atoms with Crippen LogP contribution in [0.15, 0.2) is 72.1 Å². The Bertz CT molecular complexity index is 931. The van der Waals surface area contributed by atoms with Crippen LogP contribution in [0.5, 0.6) is 0 Å². The van der Waals surface area contributed by atoms with Gasteiger partial charge in [0.2, 0.25) is 0 Å². The van der Waals surface area contributed by atoms with E-state index in [2.05, 4.69) is 10.3 Å². The van der Waals surface area contributed by atoms with Crippen LogP contribution >= 0.6 is 11.8 Å². The number of hydrogen-bond acceptors (Lipinski definition) is 5. The van der Waals surface area contributed by atoms with Gasteiger partial charge in [0, 0.05) is 18.1 Å². The number of anilines is 1. The zero-order valence-corrected chi connectivity index (χ0v) is 15.0. The molecule has 0 atom stereocenters. The van der Waals surface area contributed by atoms with Gasteiger partial charge < -0.3 is 10.1 Å². The van der Waals surface area contributed by atoms with Crippen molar-refractivity contribution in [1.82, 2.24) is 9.55 Å². The quantitative estimate of drug-likeness (QED) is 0.499. The number of nitrogens with zero attached hydrogens (tertiary/aromatic N) is 2. The number of esters is 1. The topological polar surface area (TPSA) is 73.2 Å². The number of benzene rings is 2. The molecular weight excluding hydrogens is 369 g/mol. The van der Waals surface area contributed by atoms with Crippen molar-refractivity contribution < 1.29 is 18.7 Å². The lowest BCUT2D eigenvalue weighted by Crippen LogP contribution is -2.21. The molecule has 0 aliphatic heterocycles. The van der Waals surface area contributed by atoms with E-state index in [4.69, 9.17) is 4.74 Å². The number of para-hydroxylation sites is 1. The number of aromatic nitrogens is 2. The van der Waals surface area contributed by atoms with Crippen molar-refractivity contribution in [2.75, 3.05) is 17.7 Å². The first-order chi connectivity index (χ1) is 13.1. The summed E-state index contributed by atoms with van der Waals surface area (Å²) in [5.41, 5.74) is 1.23. The van der Waals surface area contributed by atoms with Crippen LogP contribution in [-0.4, -0.2) is 33.8 Å². The van der Waals surface area contributed by atoms with Gasteiger partial charge in [-0.3, -0.25) is 14.2 Å². The summed E-state index contributed by atoms with van der Waals surface area (Å²) < 4.78 is 20.0. The molecule has 8 heteroatoms. The van der Waals surface area contributed by atoms with Gasteiger partial charge in [-0.2, -0.15) is 0 Å². The fourth-order valence-electron chi connectivity index (χ4n) is 2.25. The van der Waals surface area contributed by atoms with E-state index >= 15 is 0 Å². The van der Waals surface area contributed by atoms with Crippen molar-refractivity contribution in [2.24, 2.45) is 0 Å². The molecule has 1 amide bonds. The number of carbonyl (C=O) groups is 2. The van der Waals surface area contributed by atoms with E-state index in [1.165, 1.54) is 12.1 Å². The summed E-state index contributed by atoms with van der Waals surface area (Å²) in [6.07, 6.45) is 3.24. The lowest BCUT2D eigenvalue weighted by Gasteiger charge is -2.08. The number of ether oxygens (including phenoxy) is 1. The molecule has 0 radical (unpaired) electrons. The predicted octanol–water partition coefficient (Wildman–Crippen LogP) is 3.29. The summed E-state index contributed by atoms with van der Waals surface area (Å²) in [5, 5.41) is 3.15. The summed E-state index contributed by atoms with van der Waals surface area (Å²) in [6.45, 7) is -0.368. The van der Waals surface area contributed by atoms with Gasteiger partial charge in [-0.05, 0) is 30.3 Å². The van der Waals surface area contributed by atoms with Gasteiger partial charge in [-0.25, -0.2) is 9.37 Å². The molecule has 3 aromatic rings. The van der Waals surface area contributed by atoms with Gasteiger partial charge in [0.25, 0.3) is 5.91 Å². The highest BCUT2D eigenvalue weighted by Crippen LogP contribution is 2.21. The van der Waals surface area contributed by atoms with Crippen LogP contribution in [0.4, 0.5) is 10.1 Å². The smallest absolute Gasteiger partial charge is 0.316 e. The third kappa shape index (κ3) is 5.42. The molecule has 2 aromatic carbocycles. The Balaban J connectivity index is 1.49. The van der Waals surface area contributed by atoms with Crippen LogP contribution in [0.25, 0.3) is 5.69 Å². The molecule has 27 heavy (non-hydrogen) atoms. The molecule has 0 saturated heterocycles. The second kappa shape index (κ2) is 9.00. The number of rotatable bonds is 7. The van der Waals surface area contributed by atoms with Gasteiger partial charge in [0.05, 0.1) is 11.4 Å². The molecule has 138 valence electrons. The minimum absolute atomic E-state index is 0.0229. The lowest BCUT2D eigenvalue weighted by molar-refractivity contribution is -0.144. The highest BCUT2D eigenvalue weighted by molar-refractivity contribution is 7.99. The molecule has 0 unspecified atom stereocenters. The fraction of sp³-hybridized carbons (Fsp3) is 0.105. The molecule has 0 spiro atoms. The molecule has 1 N–H and O–H groups in total. The van der Waals surface area contributed by atoms with Crippen molar-refractivity contribution in [1.29, 1.82) is 0 Å². The number of halogens is 1. The third-order valence-corrected chi connectivity index (χ3v) is 4.37. The van der Waals surface area contributed by atoms with Crippen LogP contribution in [0.2, 0.25) is 0 Å².